The summed E-state index contributed by atoms with van der Waals surface area (Å²) in [6.07, 6.45) is 0.923. The predicted molar refractivity (Wildman–Crippen MR) is 92.7 cm³/mol. The summed E-state index contributed by atoms with van der Waals surface area (Å²) in [4.78, 5) is 11.4. The maximum Gasteiger partial charge on any atom is 0.337 e. The van der Waals surface area contributed by atoms with Gasteiger partial charge in [0.1, 0.15) is 18.1 Å². The number of methoxy groups -OCH3 is 1. The summed E-state index contributed by atoms with van der Waals surface area (Å²) in [7, 11) is 1.36. The fourth-order valence-electron chi connectivity index (χ4n) is 2.10. The Labute approximate surface area is 142 Å². The topological polar surface area (TPSA) is 56.8 Å². The van der Waals surface area contributed by atoms with Gasteiger partial charge in [-0.15, -0.1) is 0 Å². The second kappa shape index (κ2) is 10.3. The quantitative estimate of drug-likeness (QED) is 0.536. The molecule has 0 aliphatic rings. The fourth-order valence-corrected chi connectivity index (χ4v) is 2.10. The van der Waals surface area contributed by atoms with Crippen molar-refractivity contribution in [2.45, 2.75) is 6.42 Å². The molecule has 2 rings (SSSR count). The Morgan fingerprint density at radius 1 is 0.917 bits per heavy atom. The van der Waals surface area contributed by atoms with Crippen LogP contribution in [0.1, 0.15) is 16.8 Å². The van der Waals surface area contributed by atoms with Crippen LogP contribution in [0.4, 0.5) is 0 Å². The van der Waals surface area contributed by atoms with Crippen molar-refractivity contribution in [3.8, 4) is 11.5 Å². The minimum absolute atomic E-state index is 0.364. The first kappa shape index (κ1) is 17.8. The van der Waals surface area contributed by atoms with Gasteiger partial charge in [-0.05, 0) is 43.3 Å². The van der Waals surface area contributed by atoms with Crippen LogP contribution in [0, 0.1) is 0 Å². The van der Waals surface area contributed by atoms with Crippen molar-refractivity contribution in [2.24, 2.45) is 0 Å². The molecule has 24 heavy (non-hydrogen) atoms. The van der Waals surface area contributed by atoms with Crippen LogP contribution in [0.25, 0.3) is 0 Å². The molecule has 0 aliphatic heterocycles. The molecule has 0 unspecified atom stereocenters. The molecule has 0 aromatic heterocycles. The zero-order valence-corrected chi connectivity index (χ0v) is 13.9. The van der Waals surface area contributed by atoms with E-state index in [2.05, 4.69) is 10.1 Å². The standard InChI is InChI=1S/C19H23NO4/c1-22-19(21)16-7-5-10-18(15-16)24-14-12-20-11-6-13-23-17-8-3-2-4-9-17/h2-5,7-10,15,20H,6,11-14H2,1H3. The number of nitrogens with one attached hydrogen (secondary N) is 1. The minimum atomic E-state index is -0.364. The molecule has 0 saturated carbocycles. The van der Waals surface area contributed by atoms with Gasteiger partial charge in [-0.3, -0.25) is 0 Å². The summed E-state index contributed by atoms with van der Waals surface area (Å²) >= 11 is 0. The number of benzene rings is 2. The molecular weight excluding hydrogens is 306 g/mol. The molecule has 128 valence electrons. The van der Waals surface area contributed by atoms with Gasteiger partial charge in [-0.25, -0.2) is 4.79 Å². The van der Waals surface area contributed by atoms with Crippen molar-refractivity contribution < 1.29 is 19.0 Å². The maximum absolute atomic E-state index is 11.4. The number of esters is 1. The van der Waals surface area contributed by atoms with Crippen molar-refractivity contribution in [1.29, 1.82) is 0 Å². The minimum Gasteiger partial charge on any atom is -0.494 e. The molecule has 0 heterocycles. The van der Waals surface area contributed by atoms with Crippen LogP contribution >= 0.6 is 0 Å². The second-order valence-corrected chi connectivity index (χ2v) is 5.13. The lowest BCUT2D eigenvalue weighted by Gasteiger charge is -2.09. The summed E-state index contributed by atoms with van der Waals surface area (Å²) in [6.45, 7) is 2.80. The molecule has 0 bridgehead atoms. The predicted octanol–water partition coefficient (Wildman–Crippen LogP) is 2.91. The van der Waals surface area contributed by atoms with Crippen LogP contribution in [0.15, 0.2) is 54.6 Å². The molecule has 5 nitrogen and oxygen atoms in total. The summed E-state index contributed by atoms with van der Waals surface area (Å²) in [5, 5.41) is 3.29. The molecule has 0 saturated heterocycles. The van der Waals surface area contributed by atoms with E-state index < -0.39 is 0 Å². The van der Waals surface area contributed by atoms with Crippen LogP contribution in [-0.4, -0.2) is 39.4 Å². The molecule has 0 radical (unpaired) electrons. The first-order chi connectivity index (χ1) is 11.8. The van der Waals surface area contributed by atoms with Crippen molar-refractivity contribution in [3.05, 3.63) is 60.2 Å². The van der Waals surface area contributed by atoms with E-state index in [0.29, 0.717) is 24.5 Å². The molecule has 5 heteroatoms. The molecule has 0 aliphatic carbocycles. The van der Waals surface area contributed by atoms with E-state index in [0.717, 1.165) is 25.3 Å². The molecule has 2 aromatic rings. The first-order valence-electron chi connectivity index (χ1n) is 7.99. The Kier molecular flexibility index (Phi) is 7.63. The van der Waals surface area contributed by atoms with Gasteiger partial charge in [0.25, 0.3) is 0 Å². The third kappa shape index (κ3) is 6.30. The summed E-state index contributed by atoms with van der Waals surface area (Å²) in [6, 6.07) is 16.8. The Morgan fingerprint density at radius 3 is 2.46 bits per heavy atom. The highest BCUT2D eigenvalue weighted by molar-refractivity contribution is 5.89. The maximum atomic E-state index is 11.4. The molecule has 0 amide bonds. The van der Waals surface area contributed by atoms with Gasteiger partial charge < -0.3 is 19.5 Å². The Balaban J connectivity index is 1.54. The number of carbonyl (C=O) groups excluding carboxylic acids is 1. The average molecular weight is 329 g/mol. The third-order valence-corrected chi connectivity index (χ3v) is 3.31. The Morgan fingerprint density at radius 2 is 1.67 bits per heavy atom. The van der Waals surface area contributed by atoms with E-state index in [1.807, 2.05) is 36.4 Å². The molecule has 1 N–H and O–H groups in total. The number of carbonyl (C=O) groups is 1. The monoisotopic (exact) mass is 329 g/mol. The van der Waals surface area contributed by atoms with Crippen LogP contribution in [0.2, 0.25) is 0 Å². The number of hydrogen-bond donors (Lipinski definition) is 1. The van der Waals surface area contributed by atoms with Crippen molar-refractivity contribution >= 4 is 5.97 Å². The van der Waals surface area contributed by atoms with Gasteiger partial charge in [0.2, 0.25) is 0 Å². The summed E-state index contributed by atoms with van der Waals surface area (Å²) in [5.74, 6) is 1.19. The van der Waals surface area contributed by atoms with Crippen LogP contribution in [-0.2, 0) is 4.74 Å². The zero-order valence-electron chi connectivity index (χ0n) is 13.9. The van der Waals surface area contributed by atoms with E-state index in [9.17, 15) is 4.79 Å². The van der Waals surface area contributed by atoms with Crippen molar-refractivity contribution in [2.75, 3.05) is 33.4 Å². The third-order valence-electron chi connectivity index (χ3n) is 3.31. The zero-order chi connectivity index (χ0) is 17.0. The number of rotatable bonds is 10. The molecule has 0 atom stereocenters. The van der Waals surface area contributed by atoms with Gasteiger partial charge in [0.15, 0.2) is 0 Å². The van der Waals surface area contributed by atoms with Gasteiger partial charge in [-0.2, -0.15) is 0 Å². The van der Waals surface area contributed by atoms with Crippen molar-refractivity contribution in [1.82, 2.24) is 5.32 Å². The second-order valence-electron chi connectivity index (χ2n) is 5.13. The van der Waals surface area contributed by atoms with Crippen LogP contribution < -0.4 is 14.8 Å². The Bertz CT molecular complexity index is 616. The van der Waals surface area contributed by atoms with E-state index in [1.165, 1.54) is 7.11 Å². The molecule has 2 aromatic carbocycles. The average Bonchev–Trinajstić information content (AvgIpc) is 2.64. The highest BCUT2D eigenvalue weighted by Crippen LogP contribution is 2.13. The van der Waals surface area contributed by atoms with Gasteiger partial charge in [-0.1, -0.05) is 24.3 Å². The number of hydrogen-bond acceptors (Lipinski definition) is 5. The lowest BCUT2D eigenvalue weighted by atomic mass is 10.2. The van der Waals surface area contributed by atoms with Crippen LogP contribution in [0.3, 0.4) is 0 Å². The summed E-state index contributed by atoms with van der Waals surface area (Å²) in [5.41, 5.74) is 0.487. The molecule has 0 fully saturated rings. The highest BCUT2D eigenvalue weighted by atomic mass is 16.5. The van der Waals surface area contributed by atoms with Gasteiger partial charge in [0, 0.05) is 6.54 Å². The SMILES string of the molecule is COC(=O)c1cccc(OCCNCCCOc2ccccc2)c1. The lowest BCUT2D eigenvalue weighted by molar-refractivity contribution is 0.0600. The van der Waals surface area contributed by atoms with Crippen molar-refractivity contribution in [3.63, 3.8) is 0 Å². The van der Waals surface area contributed by atoms with Gasteiger partial charge in [0.05, 0.1) is 19.3 Å². The number of ether oxygens (including phenoxy) is 3. The molecule has 0 spiro atoms. The largest absolute Gasteiger partial charge is 0.494 e. The lowest BCUT2D eigenvalue weighted by Crippen LogP contribution is -2.23. The van der Waals surface area contributed by atoms with Gasteiger partial charge >= 0.3 is 5.97 Å². The van der Waals surface area contributed by atoms with Crippen LogP contribution in [0.5, 0.6) is 11.5 Å². The van der Waals surface area contributed by atoms with E-state index >= 15 is 0 Å². The smallest absolute Gasteiger partial charge is 0.337 e. The van der Waals surface area contributed by atoms with E-state index in [-0.39, 0.29) is 5.97 Å². The normalized spacial score (nSPS) is 10.2. The molecular formula is C19H23NO4. The van der Waals surface area contributed by atoms with E-state index in [1.54, 1.807) is 18.2 Å². The summed E-state index contributed by atoms with van der Waals surface area (Å²) < 4.78 is 15.9. The highest BCUT2D eigenvalue weighted by Gasteiger charge is 2.05. The number of para-hydroxylation sites is 1. The fraction of sp³-hybridized carbons (Fsp3) is 0.316. The first-order valence-corrected chi connectivity index (χ1v) is 7.99. The Hall–Kier alpha value is -2.53. The van der Waals surface area contributed by atoms with E-state index in [4.69, 9.17) is 9.47 Å².